The lowest BCUT2D eigenvalue weighted by Gasteiger charge is -2.30. The number of ketones is 3. The lowest BCUT2D eigenvalue weighted by Crippen LogP contribution is -2.44. The Morgan fingerprint density at radius 3 is 2.59 bits per heavy atom. The molecule has 0 saturated carbocycles. The van der Waals surface area contributed by atoms with Crippen LogP contribution in [0.3, 0.4) is 0 Å². The number of carbonyl (C=O) groups excluding carboxylic acids is 3. The molecule has 1 aliphatic rings. The molecule has 0 N–H and O–H groups in total. The van der Waals surface area contributed by atoms with Gasteiger partial charge in [-0.25, -0.2) is 0 Å². The minimum absolute atomic E-state index is 0.134. The largest absolute Gasteiger partial charge is 0.299 e. The highest BCUT2D eigenvalue weighted by atomic mass is 35.5. The van der Waals surface area contributed by atoms with Crippen LogP contribution < -0.4 is 0 Å². The standard InChI is InChI=1S/C17H18ClNO3/c1-12(20)17(13-6-3-2-4-7-13)9-5-8-15(21)14(18)10-19-11-16(17)22/h2-4,6-7,10,14H,5,8-9,11H2,1H3. The van der Waals surface area contributed by atoms with E-state index in [1.807, 2.05) is 6.07 Å². The molecule has 5 heteroatoms. The molecule has 1 heterocycles. The average molecular weight is 320 g/mol. The summed E-state index contributed by atoms with van der Waals surface area (Å²) in [5.41, 5.74) is -0.559. The van der Waals surface area contributed by atoms with Crippen molar-refractivity contribution >= 4 is 35.2 Å². The fraction of sp³-hybridized carbons (Fsp3) is 0.412. The second kappa shape index (κ2) is 6.97. The van der Waals surface area contributed by atoms with Crippen molar-refractivity contribution < 1.29 is 14.4 Å². The lowest BCUT2D eigenvalue weighted by atomic mass is 9.70. The molecule has 0 fully saturated rings. The molecular formula is C17H18ClNO3. The van der Waals surface area contributed by atoms with Gasteiger partial charge >= 0.3 is 0 Å². The average Bonchev–Trinajstić information content (AvgIpc) is 2.51. The van der Waals surface area contributed by atoms with E-state index in [0.29, 0.717) is 18.4 Å². The molecule has 22 heavy (non-hydrogen) atoms. The third kappa shape index (κ3) is 3.17. The highest BCUT2D eigenvalue weighted by Gasteiger charge is 2.44. The summed E-state index contributed by atoms with van der Waals surface area (Å²) in [5.74, 6) is -0.597. The normalized spacial score (nSPS) is 26.7. The van der Waals surface area contributed by atoms with Gasteiger partial charge in [0.05, 0.1) is 6.54 Å². The Morgan fingerprint density at radius 1 is 1.27 bits per heavy atom. The lowest BCUT2D eigenvalue weighted by molar-refractivity contribution is -0.134. The van der Waals surface area contributed by atoms with E-state index in [2.05, 4.69) is 4.99 Å². The second-order valence-electron chi connectivity index (χ2n) is 5.46. The van der Waals surface area contributed by atoms with Crippen molar-refractivity contribution in [2.45, 2.75) is 37.0 Å². The van der Waals surface area contributed by atoms with Crippen molar-refractivity contribution in [3.63, 3.8) is 0 Å². The van der Waals surface area contributed by atoms with E-state index in [9.17, 15) is 14.4 Å². The number of hydrogen-bond donors (Lipinski definition) is 0. The van der Waals surface area contributed by atoms with Gasteiger partial charge in [0.15, 0.2) is 11.6 Å². The number of halogens is 1. The SMILES string of the molecule is CC(=O)C1(c2ccccc2)CCCC(=O)C(Cl)C=NCC1=O. The minimum Gasteiger partial charge on any atom is -0.299 e. The number of aliphatic imine (C=N–C) groups is 1. The van der Waals surface area contributed by atoms with Gasteiger partial charge in [0, 0.05) is 12.6 Å². The van der Waals surface area contributed by atoms with Crippen LogP contribution in [0.1, 0.15) is 31.7 Å². The summed E-state index contributed by atoms with van der Waals surface area (Å²) in [6.07, 6.45) is 2.27. The van der Waals surface area contributed by atoms with Crippen LogP contribution in [-0.2, 0) is 19.8 Å². The molecule has 0 spiro atoms. The molecule has 0 aliphatic carbocycles. The highest BCUT2D eigenvalue weighted by molar-refractivity contribution is 6.39. The second-order valence-corrected chi connectivity index (χ2v) is 5.93. The summed E-state index contributed by atoms with van der Waals surface area (Å²) >= 11 is 5.89. The zero-order chi connectivity index (χ0) is 16.2. The van der Waals surface area contributed by atoms with Gasteiger partial charge in [-0.15, -0.1) is 11.6 Å². The number of Topliss-reactive ketones (excluding diaryl/α,β-unsaturated/α-hetero) is 3. The van der Waals surface area contributed by atoms with E-state index in [-0.39, 0.29) is 30.3 Å². The fourth-order valence-electron chi connectivity index (χ4n) is 2.85. The Balaban J connectivity index is 2.46. The van der Waals surface area contributed by atoms with Crippen molar-refractivity contribution in [1.82, 2.24) is 0 Å². The molecule has 2 atom stereocenters. The quantitative estimate of drug-likeness (QED) is 0.621. The Hall–Kier alpha value is -1.81. The maximum atomic E-state index is 12.7. The van der Waals surface area contributed by atoms with E-state index < -0.39 is 10.8 Å². The molecule has 1 aromatic rings. The molecule has 0 radical (unpaired) electrons. The number of hydrogen-bond acceptors (Lipinski definition) is 4. The minimum atomic E-state index is -1.22. The maximum absolute atomic E-state index is 12.7. The highest BCUT2D eigenvalue weighted by Crippen LogP contribution is 2.33. The number of rotatable bonds is 2. The summed E-state index contributed by atoms with van der Waals surface area (Å²) in [6, 6.07) is 8.99. The van der Waals surface area contributed by atoms with Crippen LogP contribution in [0.15, 0.2) is 35.3 Å². The van der Waals surface area contributed by atoms with Gasteiger partial charge in [0.1, 0.15) is 16.6 Å². The van der Waals surface area contributed by atoms with Gasteiger partial charge in [-0.05, 0) is 25.3 Å². The molecule has 116 valence electrons. The van der Waals surface area contributed by atoms with Crippen LogP contribution in [0.5, 0.6) is 0 Å². The summed E-state index contributed by atoms with van der Waals surface area (Å²) in [5, 5.41) is -0.797. The van der Waals surface area contributed by atoms with Crippen LogP contribution in [0.25, 0.3) is 0 Å². The molecule has 2 unspecified atom stereocenters. The Kier molecular flexibility index (Phi) is 5.24. The Bertz CT molecular complexity index is 612. The Morgan fingerprint density at radius 2 is 1.95 bits per heavy atom. The first-order valence-electron chi connectivity index (χ1n) is 7.25. The van der Waals surface area contributed by atoms with Crippen LogP contribution in [0.2, 0.25) is 0 Å². The van der Waals surface area contributed by atoms with E-state index >= 15 is 0 Å². The third-order valence-corrected chi connectivity index (χ3v) is 4.45. The molecule has 1 aliphatic heterocycles. The van der Waals surface area contributed by atoms with Crippen molar-refractivity contribution in [3.05, 3.63) is 35.9 Å². The van der Waals surface area contributed by atoms with Crippen LogP contribution in [0.4, 0.5) is 0 Å². The molecule has 0 aromatic heterocycles. The van der Waals surface area contributed by atoms with Gasteiger partial charge < -0.3 is 0 Å². The first-order valence-corrected chi connectivity index (χ1v) is 7.68. The van der Waals surface area contributed by atoms with Crippen LogP contribution in [0, 0.1) is 0 Å². The number of benzene rings is 1. The van der Waals surface area contributed by atoms with Crippen LogP contribution >= 0.6 is 11.6 Å². The van der Waals surface area contributed by atoms with E-state index in [4.69, 9.17) is 11.6 Å². The zero-order valence-corrected chi connectivity index (χ0v) is 13.2. The topological polar surface area (TPSA) is 63.6 Å². The molecule has 0 amide bonds. The predicted octanol–water partition coefficient (Wildman–Crippen LogP) is 2.51. The zero-order valence-electron chi connectivity index (χ0n) is 12.4. The molecular weight excluding hydrogens is 302 g/mol. The van der Waals surface area contributed by atoms with Gasteiger partial charge in [-0.1, -0.05) is 30.3 Å². The smallest absolute Gasteiger partial charge is 0.172 e. The first kappa shape index (κ1) is 16.6. The molecule has 1 aromatic carbocycles. The summed E-state index contributed by atoms with van der Waals surface area (Å²) in [7, 11) is 0. The number of carbonyl (C=O) groups is 3. The van der Waals surface area contributed by atoms with Crippen molar-refractivity contribution in [1.29, 1.82) is 0 Å². The van der Waals surface area contributed by atoms with E-state index in [1.54, 1.807) is 24.3 Å². The van der Waals surface area contributed by atoms with Crippen LogP contribution in [-0.4, -0.2) is 35.5 Å². The van der Waals surface area contributed by atoms with Gasteiger partial charge in [0.25, 0.3) is 0 Å². The van der Waals surface area contributed by atoms with Gasteiger partial charge in [-0.2, -0.15) is 0 Å². The van der Waals surface area contributed by atoms with E-state index in [0.717, 1.165) is 0 Å². The number of alkyl halides is 1. The third-order valence-electron chi connectivity index (χ3n) is 4.10. The Labute approximate surface area is 134 Å². The summed E-state index contributed by atoms with van der Waals surface area (Å²) in [4.78, 5) is 40.9. The van der Waals surface area contributed by atoms with Gasteiger partial charge in [-0.3, -0.25) is 19.4 Å². The first-order chi connectivity index (χ1) is 10.5. The summed E-state index contributed by atoms with van der Waals surface area (Å²) in [6.45, 7) is 1.28. The molecule has 0 bridgehead atoms. The molecule has 2 rings (SSSR count). The van der Waals surface area contributed by atoms with E-state index in [1.165, 1.54) is 13.1 Å². The van der Waals surface area contributed by atoms with Gasteiger partial charge in [0.2, 0.25) is 0 Å². The van der Waals surface area contributed by atoms with Crippen molar-refractivity contribution in [2.24, 2.45) is 4.99 Å². The maximum Gasteiger partial charge on any atom is 0.172 e. The molecule has 4 nitrogen and oxygen atoms in total. The monoisotopic (exact) mass is 319 g/mol. The van der Waals surface area contributed by atoms with Crippen molar-refractivity contribution in [2.75, 3.05) is 6.54 Å². The summed E-state index contributed by atoms with van der Waals surface area (Å²) < 4.78 is 0. The fourth-order valence-corrected chi connectivity index (χ4v) is 3.04. The predicted molar refractivity (Wildman–Crippen MR) is 85.7 cm³/mol. The molecule has 0 saturated heterocycles. The van der Waals surface area contributed by atoms with Crippen molar-refractivity contribution in [3.8, 4) is 0 Å². The number of nitrogens with zero attached hydrogens (tertiary/aromatic N) is 1.